The minimum absolute atomic E-state index is 0.0240. The second-order valence-corrected chi connectivity index (χ2v) is 5.92. The van der Waals surface area contributed by atoms with Crippen molar-refractivity contribution in [2.24, 2.45) is 0 Å². The number of benzene rings is 1. The van der Waals surface area contributed by atoms with Gasteiger partial charge in [0.1, 0.15) is 5.76 Å². The fraction of sp³-hybridized carbons (Fsp3) is 0.412. The molecule has 0 N–H and O–H groups in total. The van der Waals surface area contributed by atoms with E-state index < -0.39 is 0 Å². The molecule has 1 amide bonds. The molecule has 0 aliphatic carbocycles. The van der Waals surface area contributed by atoms with Gasteiger partial charge in [-0.3, -0.25) is 4.79 Å². The van der Waals surface area contributed by atoms with Crippen LogP contribution in [0.1, 0.15) is 53.9 Å². The molecular weight excluding hydrogens is 264 g/mol. The highest BCUT2D eigenvalue weighted by atomic mass is 16.5. The Balaban J connectivity index is 1.69. The van der Waals surface area contributed by atoms with E-state index in [-0.39, 0.29) is 11.8 Å². The molecule has 1 fully saturated rings. The van der Waals surface area contributed by atoms with Crippen molar-refractivity contribution in [3.05, 3.63) is 53.4 Å². The van der Waals surface area contributed by atoms with Gasteiger partial charge in [0.05, 0.1) is 0 Å². The lowest BCUT2D eigenvalue weighted by molar-refractivity contribution is 0.0780. The van der Waals surface area contributed by atoms with Crippen LogP contribution in [0.25, 0.3) is 0 Å². The zero-order valence-electron chi connectivity index (χ0n) is 12.5. The van der Waals surface area contributed by atoms with E-state index in [9.17, 15) is 4.79 Å². The molecule has 21 heavy (non-hydrogen) atoms. The minimum atomic E-state index is -0.0240. The normalized spacial score (nSPS) is 18.4. The van der Waals surface area contributed by atoms with E-state index in [0.717, 1.165) is 25.3 Å². The van der Waals surface area contributed by atoms with Gasteiger partial charge in [0.15, 0.2) is 5.69 Å². The first kappa shape index (κ1) is 13.9. The van der Waals surface area contributed by atoms with Crippen molar-refractivity contribution >= 4 is 5.91 Å². The maximum absolute atomic E-state index is 12.5. The fourth-order valence-electron chi connectivity index (χ4n) is 2.77. The molecular formula is C17H20N2O2. The van der Waals surface area contributed by atoms with E-state index in [1.165, 1.54) is 5.56 Å². The van der Waals surface area contributed by atoms with Crippen LogP contribution in [-0.2, 0) is 0 Å². The van der Waals surface area contributed by atoms with E-state index in [0.29, 0.717) is 11.6 Å². The summed E-state index contributed by atoms with van der Waals surface area (Å²) in [5, 5.41) is 3.91. The van der Waals surface area contributed by atoms with Crippen LogP contribution in [0.3, 0.4) is 0 Å². The topological polar surface area (TPSA) is 46.3 Å². The highest BCUT2D eigenvalue weighted by Gasteiger charge is 2.29. The van der Waals surface area contributed by atoms with Gasteiger partial charge >= 0.3 is 0 Å². The largest absolute Gasteiger partial charge is 0.360 e. The third-order valence-electron chi connectivity index (χ3n) is 4.06. The van der Waals surface area contributed by atoms with E-state index in [2.05, 4.69) is 17.3 Å². The van der Waals surface area contributed by atoms with Crippen molar-refractivity contribution in [2.45, 2.75) is 32.1 Å². The van der Waals surface area contributed by atoms with Gasteiger partial charge in [-0.05, 0) is 12.0 Å². The predicted octanol–water partition coefficient (Wildman–Crippen LogP) is 3.43. The van der Waals surface area contributed by atoms with Gasteiger partial charge in [0.2, 0.25) is 0 Å². The minimum Gasteiger partial charge on any atom is -0.360 e. The summed E-state index contributed by atoms with van der Waals surface area (Å²) in [5.74, 6) is 1.41. The Morgan fingerprint density at radius 3 is 2.76 bits per heavy atom. The Bertz CT molecular complexity index is 619. The van der Waals surface area contributed by atoms with Gasteiger partial charge < -0.3 is 9.42 Å². The van der Waals surface area contributed by atoms with Crippen LogP contribution < -0.4 is 0 Å². The molecule has 0 bridgehead atoms. The molecule has 1 unspecified atom stereocenters. The molecule has 1 aliphatic rings. The molecule has 1 aromatic carbocycles. The summed E-state index contributed by atoms with van der Waals surface area (Å²) in [7, 11) is 0. The van der Waals surface area contributed by atoms with Crippen molar-refractivity contribution < 1.29 is 9.32 Å². The van der Waals surface area contributed by atoms with Crippen LogP contribution in [0.2, 0.25) is 0 Å². The summed E-state index contributed by atoms with van der Waals surface area (Å²) in [6.07, 6.45) is 1.00. The molecule has 4 nitrogen and oxygen atoms in total. The quantitative estimate of drug-likeness (QED) is 0.867. The molecule has 2 heterocycles. The van der Waals surface area contributed by atoms with Crippen LogP contribution in [0.15, 0.2) is 40.9 Å². The second kappa shape index (κ2) is 5.72. The summed E-state index contributed by atoms with van der Waals surface area (Å²) < 4.78 is 5.22. The average Bonchev–Trinajstić information content (AvgIpc) is 3.17. The van der Waals surface area contributed by atoms with Crippen LogP contribution in [0.5, 0.6) is 0 Å². The number of nitrogens with zero attached hydrogens (tertiary/aromatic N) is 2. The molecule has 2 aromatic rings. The SMILES string of the molecule is CC(C)c1cc(C(=O)N2CCC(c3ccccc3)C2)no1. The third kappa shape index (κ3) is 2.84. The Labute approximate surface area is 124 Å². The number of hydrogen-bond acceptors (Lipinski definition) is 3. The lowest BCUT2D eigenvalue weighted by Crippen LogP contribution is -2.28. The lowest BCUT2D eigenvalue weighted by atomic mass is 9.99. The average molecular weight is 284 g/mol. The van der Waals surface area contributed by atoms with Gasteiger partial charge in [0.25, 0.3) is 5.91 Å². The van der Waals surface area contributed by atoms with Crippen molar-refractivity contribution in [1.82, 2.24) is 10.1 Å². The summed E-state index contributed by atoms with van der Waals surface area (Å²) in [6, 6.07) is 12.1. The number of amides is 1. The van der Waals surface area contributed by atoms with E-state index in [1.807, 2.05) is 36.9 Å². The fourth-order valence-corrected chi connectivity index (χ4v) is 2.77. The van der Waals surface area contributed by atoms with Crippen LogP contribution in [0, 0.1) is 0 Å². The smallest absolute Gasteiger partial charge is 0.276 e. The van der Waals surface area contributed by atoms with Crippen molar-refractivity contribution in [1.29, 1.82) is 0 Å². The van der Waals surface area contributed by atoms with E-state index >= 15 is 0 Å². The van der Waals surface area contributed by atoms with E-state index in [1.54, 1.807) is 6.07 Å². The second-order valence-electron chi connectivity index (χ2n) is 5.92. The molecule has 1 atom stereocenters. The van der Waals surface area contributed by atoms with Crippen molar-refractivity contribution in [3.8, 4) is 0 Å². The monoisotopic (exact) mass is 284 g/mol. The Hall–Kier alpha value is -2.10. The zero-order valence-corrected chi connectivity index (χ0v) is 12.5. The maximum atomic E-state index is 12.5. The van der Waals surface area contributed by atoms with E-state index in [4.69, 9.17) is 4.52 Å². The standard InChI is InChI=1S/C17H20N2O2/c1-12(2)16-10-15(18-21-16)17(20)19-9-8-14(11-19)13-6-4-3-5-7-13/h3-7,10,12,14H,8-9,11H2,1-2H3. The van der Waals surface area contributed by atoms with Crippen molar-refractivity contribution in [3.63, 3.8) is 0 Å². The van der Waals surface area contributed by atoms with Gasteiger partial charge in [0, 0.05) is 31.0 Å². The molecule has 0 radical (unpaired) electrons. The van der Waals surface area contributed by atoms with Crippen LogP contribution >= 0.6 is 0 Å². The Morgan fingerprint density at radius 2 is 2.10 bits per heavy atom. The maximum Gasteiger partial charge on any atom is 0.276 e. The van der Waals surface area contributed by atoms with Gasteiger partial charge in [-0.15, -0.1) is 0 Å². The number of aromatic nitrogens is 1. The summed E-state index contributed by atoms with van der Waals surface area (Å²) >= 11 is 0. The Morgan fingerprint density at radius 1 is 1.33 bits per heavy atom. The molecule has 1 saturated heterocycles. The van der Waals surface area contributed by atoms with Crippen LogP contribution in [0.4, 0.5) is 0 Å². The molecule has 1 aromatic heterocycles. The number of carbonyl (C=O) groups excluding carboxylic acids is 1. The number of rotatable bonds is 3. The third-order valence-corrected chi connectivity index (χ3v) is 4.06. The number of hydrogen-bond donors (Lipinski definition) is 0. The van der Waals surface area contributed by atoms with Gasteiger partial charge in [-0.1, -0.05) is 49.3 Å². The number of likely N-dealkylation sites (tertiary alicyclic amines) is 1. The van der Waals surface area contributed by atoms with Crippen molar-refractivity contribution in [2.75, 3.05) is 13.1 Å². The summed E-state index contributed by atoms with van der Waals surface area (Å²) in [6.45, 7) is 5.58. The summed E-state index contributed by atoms with van der Waals surface area (Å²) in [5.41, 5.74) is 1.73. The molecule has 0 spiro atoms. The predicted molar refractivity (Wildman–Crippen MR) is 80.3 cm³/mol. The molecule has 4 heteroatoms. The Kier molecular flexibility index (Phi) is 3.78. The molecule has 0 saturated carbocycles. The number of carbonyl (C=O) groups is 1. The highest BCUT2D eigenvalue weighted by Crippen LogP contribution is 2.28. The molecule has 1 aliphatic heterocycles. The molecule has 110 valence electrons. The van der Waals surface area contributed by atoms with Gasteiger partial charge in [-0.2, -0.15) is 0 Å². The van der Waals surface area contributed by atoms with Gasteiger partial charge in [-0.25, -0.2) is 0 Å². The molecule has 3 rings (SSSR count). The summed E-state index contributed by atoms with van der Waals surface area (Å²) in [4.78, 5) is 14.3. The van der Waals surface area contributed by atoms with Crippen LogP contribution in [-0.4, -0.2) is 29.1 Å². The first-order valence-corrected chi connectivity index (χ1v) is 7.46. The highest BCUT2D eigenvalue weighted by molar-refractivity contribution is 5.92. The lowest BCUT2D eigenvalue weighted by Gasteiger charge is -2.15. The zero-order chi connectivity index (χ0) is 14.8. The first-order chi connectivity index (χ1) is 10.1. The first-order valence-electron chi connectivity index (χ1n) is 7.46.